The van der Waals surface area contributed by atoms with E-state index in [9.17, 15) is 32.7 Å². The molecule has 0 fully saturated rings. The number of Topliss-reactive ketones (excluding diaryl/α,β-unsaturated/α-hetero) is 1. The fourth-order valence-electron chi connectivity index (χ4n) is 3.71. The van der Waals surface area contributed by atoms with Crippen LogP contribution >= 0.6 is 0 Å². The number of anilines is 1. The van der Waals surface area contributed by atoms with Crippen LogP contribution in [0.5, 0.6) is 0 Å². The Bertz CT molecular complexity index is 1600. The number of carbonyl (C=O) groups excluding carboxylic acids is 2. The summed E-state index contributed by atoms with van der Waals surface area (Å²) < 4.78 is 46.2. The molecule has 36 heavy (non-hydrogen) atoms. The van der Waals surface area contributed by atoms with Crippen molar-refractivity contribution in [2.45, 2.75) is 13.1 Å². The van der Waals surface area contributed by atoms with E-state index in [2.05, 4.69) is 10.5 Å². The number of ketones is 1. The second kappa shape index (κ2) is 8.99. The van der Waals surface area contributed by atoms with E-state index in [0.717, 1.165) is 12.1 Å². The van der Waals surface area contributed by atoms with Crippen molar-refractivity contribution in [3.8, 4) is 17.2 Å². The number of rotatable bonds is 5. The van der Waals surface area contributed by atoms with Gasteiger partial charge in [-0.3, -0.25) is 9.59 Å². The van der Waals surface area contributed by atoms with Crippen LogP contribution in [0.1, 0.15) is 49.3 Å². The first kappa shape index (κ1) is 24.2. The van der Waals surface area contributed by atoms with E-state index in [0.29, 0.717) is 0 Å². The molecule has 0 saturated carbocycles. The lowest BCUT2D eigenvalue weighted by atomic mass is 9.92. The Labute approximate surface area is 200 Å². The summed E-state index contributed by atoms with van der Waals surface area (Å²) in [4.78, 5) is 36.8. The van der Waals surface area contributed by atoms with Gasteiger partial charge in [-0.05, 0) is 54.4 Å². The molecule has 1 heterocycles. The van der Waals surface area contributed by atoms with Crippen molar-refractivity contribution in [3.05, 3.63) is 82.5 Å². The molecule has 2 N–H and O–H groups in total. The van der Waals surface area contributed by atoms with Gasteiger partial charge in [0.15, 0.2) is 17.1 Å². The van der Waals surface area contributed by atoms with Gasteiger partial charge in [-0.2, -0.15) is 18.4 Å². The molecule has 1 amide bonds. The molecule has 0 atom stereocenters. The summed E-state index contributed by atoms with van der Waals surface area (Å²) in [6.07, 6.45) is -4.71. The van der Waals surface area contributed by atoms with E-state index in [1.165, 1.54) is 49.4 Å². The van der Waals surface area contributed by atoms with Crippen molar-refractivity contribution in [2.75, 3.05) is 5.32 Å². The molecule has 4 aromatic rings. The molecule has 11 heteroatoms. The number of alkyl halides is 3. The predicted octanol–water partition coefficient (Wildman–Crippen LogP) is 5.54. The minimum Gasteiger partial charge on any atom is -0.478 e. The molecule has 0 aliphatic heterocycles. The highest BCUT2D eigenvalue weighted by atomic mass is 19.4. The van der Waals surface area contributed by atoms with E-state index >= 15 is 0 Å². The Balaban J connectivity index is 1.86. The third kappa shape index (κ3) is 4.39. The molecule has 0 aliphatic rings. The molecule has 0 unspecified atom stereocenters. The average molecular weight is 493 g/mol. The number of nitrogens with zero attached hydrogens (tertiary/aromatic N) is 2. The van der Waals surface area contributed by atoms with Gasteiger partial charge in [0.1, 0.15) is 0 Å². The van der Waals surface area contributed by atoms with E-state index in [-0.39, 0.29) is 50.2 Å². The molecule has 0 radical (unpaired) electrons. The Hall–Kier alpha value is -4.98. The van der Waals surface area contributed by atoms with Gasteiger partial charge >= 0.3 is 12.1 Å². The van der Waals surface area contributed by atoms with Gasteiger partial charge in [-0.25, -0.2) is 4.79 Å². The standard InChI is InChI=1S/C25H14F3N3O5/c1-12(32)15-10-21-18(9-16(15)14-4-2-3-5-19(14)25(26,27)28)22(31-36-21)23(33)30-20-7-6-13(11-29)8-17(20)24(34)35/h2-10H,1H3,(H,30,33)(H,34,35). The lowest BCUT2D eigenvalue weighted by Gasteiger charge is -2.15. The van der Waals surface area contributed by atoms with Crippen LogP contribution in [0.4, 0.5) is 18.9 Å². The number of aromatic nitrogens is 1. The smallest absolute Gasteiger partial charge is 0.417 e. The number of fused-ring (bicyclic) bond motifs is 1. The zero-order valence-electron chi connectivity index (χ0n) is 18.3. The van der Waals surface area contributed by atoms with Crippen LogP contribution < -0.4 is 5.32 Å². The number of aromatic carboxylic acids is 1. The van der Waals surface area contributed by atoms with E-state index in [4.69, 9.17) is 9.78 Å². The highest BCUT2D eigenvalue weighted by Crippen LogP contribution is 2.40. The van der Waals surface area contributed by atoms with E-state index in [1.807, 2.05) is 0 Å². The number of nitriles is 1. The quantitative estimate of drug-likeness (QED) is 0.349. The minimum absolute atomic E-state index is 0.00926. The minimum atomic E-state index is -4.71. The van der Waals surface area contributed by atoms with Gasteiger partial charge in [-0.1, -0.05) is 23.4 Å². The molecule has 0 spiro atoms. The molecule has 0 saturated heterocycles. The Morgan fingerprint density at radius 1 is 1.03 bits per heavy atom. The van der Waals surface area contributed by atoms with Gasteiger partial charge in [0.05, 0.1) is 33.8 Å². The second-order valence-corrected chi connectivity index (χ2v) is 7.66. The number of carboxylic acids is 1. The van der Waals surface area contributed by atoms with E-state index in [1.54, 1.807) is 6.07 Å². The Morgan fingerprint density at radius 3 is 2.39 bits per heavy atom. The monoisotopic (exact) mass is 493 g/mol. The number of halogens is 3. The van der Waals surface area contributed by atoms with Crippen LogP contribution in [-0.2, 0) is 6.18 Å². The fraction of sp³-hybridized carbons (Fsp3) is 0.0800. The molecule has 180 valence electrons. The van der Waals surface area contributed by atoms with Crippen molar-refractivity contribution in [1.82, 2.24) is 5.16 Å². The number of carbonyl (C=O) groups is 3. The second-order valence-electron chi connectivity index (χ2n) is 7.66. The SMILES string of the molecule is CC(=O)c1cc2onc(C(=O)Nc3ccc(C#N)cc3C(=O)O)c2cc1-c1ccccc1C(F)(F)F. The molecule has 0 aliphatic carbocycles. The summed E-state index contributed by atoms with van der Waals surface area (Å²) in [5.74, 6) is -2.84. The van der Waals surface area contributed by atoms with Crippen LogP contribution in [0.25, 0.3) is 22.1 Å². The average Bonchev–Trinajstić information content (AvgIpc) is 3.26. The highest BCUT2D eigenvalue weighted by molar-refractivity contribution is 6.14. The zero-order chi connectivity index (χ0) is 26.2. The molecular formula is C25H14F3N3O5. The first-order chi connectivity index (χ1) is 17.0. The van der Waals surface area contributed by atoms with Crippen molar-refractivity contribution in [3.63, 3.8) is 0 Å². The van der Waals surface area contributed by atoms with Crippen LogP contribution in [0, 0.1) is 11.3 Å². The third-order valence-electron chi connectivity index (χ3n) is 5.35. The summed E-state index contributed by atoms with van der Waals surface area (Å²) in [7, 11) is 0. The molecule has 4 rings (SSSR count). The number of carboxylic acid groups (broad SMARTS) is 1. The van der Waals surface area contributed by atoms with Gasteiger partial charge in [0.25, 0.3) is 5.91 Å². The number of hydrogen-bond donors (Lipinski definition) is 2. The highest BCUT2D eigenvalue weighted by Gasteiger charge is 2.34. The fourth-order valence-corrected chi connectivity index (χ4v) is 3.71. The van der Waals surface area contributed by atoms with Crippen molar-refractivity contribution < 1.29 is 37.2 Å². The molecule has 3 aromatic carbocycles. The number of benzene rings is 3. The lowest BCUT2D eigenvalue weighted by Crippen LogP contribution is -2.15. The maximum absolute atomic E-state index is 13.7. The summed E-state index contributed by atoms with van der Waals surface area (Å²) in [5, 5.41) is 24.5. The van der Waals surface area contributed by atoms with E-state index < -0.39 is 29.4 Å². The summed E-state index contributed by atoms with van der Waals surface area (Å²) in [6, 6.07) is 12.5. The van der Waals surface area contributed by atoms with Crippen LogP contribution in [0.15, 0.2) is 59.1 Å². The maximum atomic E-state index is 13.7. The number of nitrogens with one attached hydrogen (secondary N) is 1. The number of amides is 1. The third-order valence-corrected chi connectivity index (χ3v) is 5.35. The molecular weight excluding hydrogens is 479 g/mol. The maximum Gasteiger partial charge on any atom is 0.417 e. The first-order valence-electron chi connectivity index (χ1n) is 10.2. The van der Waals surface area contributed by atoms with Crippen LogP contribution in [0.2, 0.25) is 0 Å². The van der Waals surface area contributed by atoms with Gasteiger partial charge < -0.3 is 14.9 Å². The van der Waals surface area contributed by atoms with Crippen LogP contribution in [0.3, 0.4) is 0 Å². The molecule has 0 bridgehead atoms. The topological polar surface area (TPSA) is 133 Å². The first-order valence-corrected chi connectivity index (χ1v) is 10.2. The summed E-state index contributed by atoms with van der Waals surface area (Å²) >= 11 is 0. The van der Waals surface area contributed by atoms with Crippen molar-refractivity contribution in [2.24, 2.45) is 0 Å². The van der Waals surface area contributed by atoms with Crippen molar-refractivity contribution >= 4 is 34.3 Å². The zero-order valence-corrected chi connectivity index (χ0v) is 18.3. The van der Waals surface area contributed by atoms with Crippen LogP contribution in [-0.4, -0.2) is 27.9 Å². The molecule has 1 aromatic heterocycles. The number of hydrogen-bond acceptors (Lipinski definition) is 6. The van der Waals surface area contributed by atoms with Gasteiger partial charge in [-0.15, -0.1) is 0 Å². The Morgan fingerprint density at radius 2 is 1.75 bits per heavy atom. The van der Waals surface area contributed by atoms with Gasteiger partial charge in [0, 0.05) is 5.56 Å². The largest absolute Gasteiger partial charge is 0.478 e. The van der Waals surface area contributed by atoms with Crippen molar-refractivity contribution in [1.29, 1.82) is 5.26 Å². The predicted molar refractivity (Wildman–Crippen MR) is 121 cm³/mol. The summed E-state index contributed by atoms with van der Waals surface area (Å²) in [6.45, 7) is 1.18. The molecule has 8 nitrogen and oxygen atoms in total. The summed E-state index contributed by atoms with van der Waals surface area (Å²) in [5.41, 5.74) is -2.19. The Kier molecular flexibility index (Phi) is 6.03. The van der Waals surface area contributed by atoms with Gasteiger partial charge in [0.2, 0.25) is 0 Å². The normalized spacial score (nSPS) is 11.2. The lowest BCUT2D eigenvalue weighted by molar-refractivity contribution is -0.137.